The Labute approximate surface area is 102 Å². The van der Waals surface area contributed by atoms with E-state index in [1.807, 2.05) is 29.2 Å². The molecule has 0 saturated heterocycles. The van der Waals surface area contributed by atoms with Gasteiger partial charge in [0.05, 0.1) is 0 Å². The van der Waals surface area contributed by atoms with Gasteiger partial charge in [0.1, 0.15) is 0 Å². The van der Waals surface area contributed by atoms with E-state index in [4.69, 9.17) is 5.73 Å². The van der Waals surface area contributed by atoms with Crippen LogP contribution in [0.15, 0.2) is 24.3 Å². The van der Waals surface area contributed by atoms with Crippen LogP contribution in [0.5, 0.6) is 0 Å². The number of anilines is 1. The van der Waals surface area contributed by atoms with Crippen molar-refractivity contribution < 1.29 is 4.79 Å². The number of nitrogens with two attached hydrogens (primary N) is 1. The highest BCUT2D eigenvalue weighted by Gasteiger charge is 2.40. The van der Waals surface area contributed by atoms with Crippen molar-refractivity contribution in [2.75, 3.05) is 4.90 Å². The molecule has 2 aliphatic rings. The Morgan fingerprint density at radius 3 is 2.29 bits per heavy atom. The highest BCUT2D eigenvalue weighted by Crippen LogP contribution is 2.38. The molecule has 1 amide bonds. The quantitative estimate of drug-likeness (QED) is 0.860. The second-order valence-corrected chi connectivity index (χ2v) is 5.08. The third-order valence-corrected chi connectivity index (χ3v) is 3.53. The zero-order chi connectivity index (χ0) is 11.8. The third kappa shape index (κ3) is 2.20. The van der Waals surface area contributed by atoms with Gasteiger partial charge in [-0.3, -0.25) is 4.79 Å². The highest BCUT2D eigenvalue weighted by molar-refractivity contribution is 5.97. The van der Waals surface area contributed by atoms with Crippen molar-refractivity contribution in [1.29, 1.82) is 0 Å². The molecule has 3 rings (SSSR count). The summed E-state index contributed by atoms with van der Waals surface area (Å²) in [6, 6.07) is 8.55. The van der Waals surface area contributed by atoms with Crippen molar-refractivity contribution >= 4 is 11.6 Å². The maximum atomic E-state index is 12.2. The first-order valence-electron chi connectivity index (χ1n) is 6.41. The van der Waals surface area contributed by atoms with Gasteiger partial charge in [0, 0.05) is 24.2 Å². The lowest BCUT2D eigenvalue weighted by Crippen LogP contribution is -2.34. The lowest BCUT2D eigenvalue weighted by molar-refractivity contribution is -0.119. The van der Waals surface area contributed by atoms with E-state index in [0.29, 0.717) is 24.4 Å². The smallest absolute Gasteiger partial charge is 0.230 e. The number of carbonyl (C=O) groups excluding carboxylic acids is 1. The standard InChI is InChI=1S/C14H18N2O/c15-9-10-1-5-12(6-2-10)16(13-7-8-13)14(17)11-3-4-11/h1-2,5-6,11,13H,3-4,7-9,15H2. The van der Waals surface area contributed by atoms with E-state index in [0.717, 1.165) is 36.9 Å². The molecule has 0 aromatic heterocycles. The average Bonchev–Trinajstić information content (AvgIpc) is 3.21. The number of rotatable bonds is 4. The van der Waals surface area contributed by atoms with Crippen molar-refractivity contribution in [2.24, 2.45) is 11.7 Å². The molecule has 0 spiro atoms. The van der Waals surface area contributed by atoms with Crippen molar-refractivity contribution in [3.05, 3.63) is 29.8 Å². The fourth-order valence-corrected chi connectivity index (χ4v) is 2.17. The second kappa shape index (κ2) is 4.15. The molecular weight excluding hydrogens is 212 g/mol. The molecule has 2 fully saturated rings. The van der Waals surface area contributed by atoms with Gasteiger partial charge < -0.3 is 10.6 Å². The van der Waals surface area contributed by atoms with Crippen molar-refractivity contribution in [1.82, 2.24) is 0 Å². The fraction of sp³-hybridized carbons (Fsp3) is 0.500. The summed E-state index contributed by atoms with van der Waals surface area (Å²) in [4.78, 5) is 14.3. The minimum absolute atomic E-state index is 0.296. The molecule has 17 heavy (non-hydrogen) atoms. The van der Waals surface area contributed by atoms with Crippen LogP contribution in [0.2, 0.25) is 0 Å². The number of hydrogen-bond acceptors (Lipinski definition) is 2. The van der Waals surface area contributed by atoms with Crippen LogP contribution < -0.4 is 10.6 Å². The minimum atomic E-state index is 0.296. The molecule has 1 aromatic rings. The van der Waals surface area contributed by atoms with Crippen molar-refractivity contribution in [3.8, 4) is 0 Å². The number of carbonyl (C=O) groups is 1. The molecule has 3 nitrogen and oxygen atoms in total. The van der Waals surface area contributed by atoms with Gasteiger partial charge in [-0.1, -0.05) is 12.1 Å². The number of nitrogens with zero attached hydrogens (tertiary/aromatic N) is 1. The Hall–Kier alpha value is -1.35. The molecule has 0 atom stereocenters. The molecule has 3 heteroatoms. The zero-order valence-electron chi connectivity index (χ0n) is 9.93. The molecule has 0 heterocycles. The first-order valence-corrected chi connectivity index (χ1v) is 6.41. The summed E-state index contributed by atoms with van der Waals surface area (Å²) in [6.07, 6.45) is 4.44. The van der Waals surface area contributed by atoms with Gasteiger partial charge in [0.2, 0.25) is 5.91 Å². The minimum Gasteiger partial charge on any atom is -0.326 e. The zero-order valence-corrected chi connectivity index (χ0v) is 9.93. The summed E-state index contributed by atoms with van der Waals surface area (Å²) in [5, 5.41) is 0. The van der Waals surface area contributed by atoms with Crippen molar-refractivity contribution in [3.63, 3.8) is 0 Å². The van der Waals surface area contributed by atoms with E-state index < -0.39 is 0 Å². The van der Waals surface area contributed by atoms with Crippen LogP contribution in [0.4, 0.5) is 5.69 Å². The predicted molar refractivity (Wildman–Crippen MR) is 67.6 cm³/mol. The van der Waals surface area contributed by atoms with E-state index >= 15 is 0 Å². The lowest BCUT2D eigenvalue weighted by Gasteiger charge is -2.22. The number of benzene rings is 1. The summed E-state index contributed by atoms with van der Waals surface area (Å²) < 4.78 is 0. The van der Waals surface area contributed by atoms with Crippen LogP contribution in [0.25, 0.3) is 0 Å². The molecule has 0 aliphatic heterocycles. The summed E-state index contributed by atoms with van der Waals surface area (Å²) in [5.41, 5.74) is 7.74. The van der Waals surface area contributed by atoms with Gasteiger partial charge in [-0.2, -0.15) is 0 Å². The van der Waals surface area contributed by atoms with Crippen LogP contribution in [0.3, 0.4) is 0 Å². The SMILES string of the molecule is NCc1ccc(N(C(=O)C2CC2)C2CC2)cc1. The van der Waals surface area contributed by atoms with Crippen molar-refractivity contribution in [2.45, 2.75) is 38.3 Å². The third-order valence-electron chi connectivity index (χ3n) is 3.53. The van der Waals surface area contributed by atoms with Gasteiger partial charge in [0.25, 0.3) is 0 Å². The fourth-order valence-electron chi connectivity index (χ4n) is 2.17. The van der Waals surface area contributed by atoms with Gasteiger partial charge in [0.15, 0.2) is 0 Å². The molecule has 0 bridgehead atoms. The molecule has 2 saturated carbocycles. The number of amides is 1. The second-order valence-electron chi connectivity index (χ2n) is 5.08. The predicted octanol–water partition coefficient (Wildman–Crippen LogP) is 2.05. The Morgan fingerprint density at radius 2 is 1.82 bits per heavy atom. The molecular formula is C14H18N2O. The molecule has 2 aliphatic carbocycles. The Morgan fingerprint density at radius 1 is 1.18 bits per heavy atom. The largest absolute Gasteiger partial charge is 0.326 e. The molecule has 0 radical (unpaired) electrons. The van der Waals surface area contributed by atoms with Crippen LogP contribution in [-0.4, -0.2) is 11.9 Å². The van der Waals surface area contributed by atoms with Crippen LogP contribution >= 0.6 is 0 Å². The van der Waals surface area contributed by atoms with Gasteiger partial charge in [-0.25, -0.2) is 0 Å². The molecule has 90 valence electrons. The topological polar surface area (TPSA) is 46.3 Å². The molecule has 2 N–H and O–H groups in total. The Balaban J connectivity index is 1.83. The summed E-state index contributed by atoms with van der Waals surface area (Å²) in [6.45, 7) is 0.556. The lowest BCUT2D eigenvalue weighted by atomic mass is 10.2. The van der Waals surface area contributed by atoms with E-state index in [-0.39, 0.29) is 0 Å². The van der Waals surface area contributed by atoms with E-state index in [9.17, 15) is 4.79 Å². The maximum Gasteiger partial charge on any atom is 0.230 e. The first kappa shape index (κ1) is 10.8. The van der Waals surface area contributed by atoms with Gasteiger partial charge in [-0.15, -0.1) is 0 Å². The van der Waals surface area contributed by atoms with E-state index in [1.54, 1.807) is 0 Å². The Bertz CT molecular complexity index is 418. The normalized spacial score (nSPS) is 19.1. The van der Waals surface area contributed by atoms with E-state index in [2.05, 4.69) is 0 Å². The van der Waals surface area contributed by atoms with Gasteiger partial charge in [-0.05, 0) is 43.4 Å². The van der Waals surface area contributed by atoms with Crippen LogP contribution in [-0.2, 0) is 11.3 Å². The monoisotopic (exact) mass is 230 g/mol. The number of hydrogen-bond donors (Lipinski definition) is 1. The molecule has 1 aromatic carbocycles. The Kier molecular flexibility index (Phi) is 2.63. The average molecular weight is 230 g/mol. The molecule has 0 unspecified atom stereocenters. The summed E-state index contributed by atoms with van der Waals surface area (Å²) in [5.74, 6) is 0.623. The summed E-state index contributed by atoms with van der Waals surface area (Å²) in [7, 11) is 0. The summed E-state index contributed by atoms with van der Waals surface area (Å²) >= 11 is 0. The van der Waals surface area contributed by atoms with Crippen LogP contribution in [0, 0.1) is 5.92 Å². The highest BCUT2D eigenvalue weighted by atomic mass is 16.2. The van der Waals surface area contributed by atoms with Gasteiger partial charge >= 0.3 is 0 Å². The van der Waals surface area contributed by atoms with Crippen LogP contribution in [0.1, 0.15) is 31.2 Å². The maximum absolute atomic E-state index is 12.2. The van der Waals surface area contributed by atoms with E-state index in [1.165, 1.54) is 0 Å². The first-order chi connectivity index (χ1) is 8.29.